The van der Waals surface area contributed by atoms with Crippen LogP contribution in [0.25, 0.3) is 0 Å². The van der Waals surface area contributed by atoms with Gasteiger partial charge < -0.3 is 14.9 Å². The average Bonchev–Trinajstić information content (AvgIpc) is 2.64. The van der Waals surface area contributed by atoms with Crippen molar-refractivity contribution in [3.8, 4) is 0 Å². The van der Waals surface area contributed by atoms with Crippen molar-refractivity contribution in [1.29, 1.82) is 0 Å². The first-order valence-electron chi connectivity index (χ1n) is 5.11. The first kappa shape index (κ1) is 12.0. The second kappa shape index (κ2) is 4.61. The lowest BCUT2D eigenvalue weighted by molar-refractivity contribution is -0.149. The number of carboxylic acids is 1. The van der Waals surface area contributed by atoms with Crippen LogP contribution in [0.4, 0.5) is 0 Å². The molecule has 2 atom stereocenters. The number of likely N-dealkylation sites (tertiary alicyclic amines) is 1. The zero-order valence-electron chi connectivity index (χ0n) is 9.43. The van der Waals surface area contributed by atoms with E-state index in [-0.39, 0.29) is 5.91 Å². The van der Waals surface area contributed by atoms with Gasteiger partial charge in [-0.05, 0) is 27.4 Å². The molecule has 2 unspecified atom stereocenters. The monoisotopic (exact) mass is 214 g/mol. The first-order valence-corrected chi connectivity index (χ1v) is 5.11. The van der Waals surface area contributed by atoms with Crippen LogP contribution in [0.3, 0.4) is 0 Å². The van der Waals surface area contributed by atoms with Crippen LogP contribution in [0.1, 0.15) is 13.3 Å². The van der Waals surface area contributed by atoms with Crippen LogP contribution in [-0.2, 0) is 9.59 Å². The van der Waals surface area contributed by atoms with Crippen LogP contribution < -0.4 is 0 Å². The normalized spacial score (nSPS) is 23.2. The Labute approximate surface area is 89.7 Å². The van der Waals surface area contributed by atoms with Crippen LogP contribution in [-0.4, -0.2) is 60.0 Å². The Morgan fingerprint density at radius 3 is 2.47 bits per heavy atom. The Balaban J connectivity index is 2.54. The molecule has 0 aliphatic carbocycles. The second-order valence-corrected chi connectivity index (χ2v) is 4.25. The molecule has 0 aromatic heterocycles. The van der Waals surface area contributed by atoms with Crippen LogP contribution in [0, 0.1) is 5.92 Å². The Bertz CT molecular complexity index is 265. The summed E-state index contributed by atoms with van der Waals surface area (Å²) in [5, 5.41) is 8.73. The Morgan fingerprint density at radius 1 is 1.47 bits per heavy atom. The van der Waals surface area contributed by atoms with Gasteiger partial charge in [0.15, 0.2) is 0 Å². The molecule has 1 fully saturated rings. The minimum atomic E-state index is -1.05. The van der Waals surface area contributed by atoms with Crippen LogP contribution in [0.5, 0.6) is 0 Å². The standard InChI is InChI=1S/C10H18N2O3/c1-7(10(14)15)9(13)12-5-4-8(6-12)11(2)3/h7-8H,4-6H2,1-3H3,(H,14,15). The number of hydrogen-bond acceptors (Lipinski definition) is 3. The molecule has 0 saturated carbocycles. The molecule has 86 valence electrons. The van der Waals surface area contributed by atoms with Gasteiger partial charge in [-0.2, -0.15) is 0 Å². The van der Waals surface area contributed by atoms with E-state index in [1.807, 2.05) is 14.1 Å². The molecule has 0 bridgehead atoms. The molecule has 1 saturated heterocycles. The van der Waals surface area contributed by atoms with E-state index in [1.165, 1.54) is 6.92 Å². The highest BCUT2D eigenvalue weighted by Crippen LogP contribution is 2.15. The van der Waals surface area contributed by atoms with Gasteiger partial charge >= 0.3 is 5.97 Å². The molecule has 15 heavy (non-hydrogen) atoms. The summed E-state index contributed by atoms with van der Waals surface area (Å²) in [6, 6.07) is 0.356. The number of carboxylic acid groups (broad SMARTS) is 1. The van der Waals surface area contributed by atoms with Gasteiger partial charge in [0.2, 0.25) is 5.91 Å². The lowest BCUT2D eigenvalue weighted by Crippen LogP contribution is -2.39. The molecule has 1 heterocycles. The Hall–Kier alpha value is -1.10. The fourth-order valence-corrected chi connectivity index (χ4v) is 1.74. The van der Waals surface area contributed by atoms with Crippen LogP contribution in [0.15, 0.2) is 0 Å². The molecule has 1 aliphatic rings. The zero-order valence-corrected chi connectivity index (χ0v) is 9.43. The third-order valence-electron chi connectivity index (χ3n) is 2.95. The van der Waals surface area contributed by atoms with E-state index in [0.29, 0.717) is 19.1 Å². The van der Waals surface area contributed by atoms with Gasteiger partial charge in [-0.15, -0.1) is 0 Å². The Kier molecular flexibility index (Phi) is 3.68. The smallest absolute Gasteiger partial charge is 0.315 e. The Morgan fingerprint density at radius 2 is 2.07 bits per heavy atom. The van der Waals surface area contributed by atoms with Crippen LogP contribution >= 0.6 is 0 Å². The predicted octanol–water partition coefficient (Wildman–Crippen LogP) is -0.130. The molecule has 1 rings (SSSR count). The maximum atomic E-state index is 11.7. The maximum Gasteiger partial charge on any atom is 0.315 e. The largest absolute Gasteiger partial charge is 0.481 e. The van der Waals surface area contributed by atoms with Gasteiger partial charge in [-0.3, -0.25) is 9.59 Å². The second-order valence-electron chi connectivity index (χ2n) is 4.25. The summed E-state index contributed by atoms with van der Waals surface area (Å²) < 4.78 is 0. The third-order valence-corrected chi connectivity index (χ3v) is 2.95. The van der Waals surface area contributed by atoms with Gasteiger partial charge in [0.05, 0.1) is 0 Å². The number of hydrogen-bond donors (Lipinski definition) is 1. The molecule has 5 heteroatoms. The van der Waals surface area contributed by atoms with Crippen molar-refractivity contribution in [2.24, 2.45) is 5.92 Å². The van der Waals surface area contributed by atoms with Gasteiger partial charge in [0.25, 0.3) is 0 Å². The quantitative estimate of drug-likeness (QED) is 0.665. The fraction of sp³-hybridized carbons (Fsp3) is 0.800. The zero-order chi connectivity index (χ0) is 11.6. The molecule has 0 spiro atoms. The SMILES string of the molecule is CC(C(=O)O)C(=O)N1CCC(N(C)C)C1. The van der Waals surface area contributed by atoms with Crippen molar-refractivity contribution in [2.75, 3.05) is 27.2 Å². The van der Waals surface area contributed by atoms with E-state index < -0.39 is 11.9 Å². The number of nitrogens with zero attached hydrogens (tertiary/aromatic N) is 2. The third kappa shape index (κ3) is 2.68. The van der Waals surface area contributed by atoms with Crippen molar-refractivity contribution < 1.29 is 14.7 Å². The summed E-state index contributed by atoms with van der Waals surface area (Å²) in [7, 11) is 3.94. The lowest BCUT2D eigenvalue weighted by Gasteiger charge is -2.21. The van der Waals surface area contributed by atoms with E-state index in [4.69, 9.17) is 5.11 Å². The summed E-state index contributed by atoms with van der Waals surface area (Å²) in [5.74, 6) is -2.24. The number of carbonyl (C=O) groups excluding carboxylic acids is 1. The van der Waals surface area contributed by atoms with Gasteiger partial charge in [-0.25, -0.2) is 0 Å². The van der Waals surface area contributed by atoms with Crippen molar-refractivity contribution >= 4 is 11.9 Å². The minimum absolute atomic E-state index is 0.271. The topological polar surface area (TPSA) is 60.9 Å². The molecule has 1 aliphatic heterocycles. The number of likely N-dealkylation sites (N-methyl/N-ethyl adjacent to an activating group) is 1. The van der Waals surface area contributed by atoms with Gasteiger partial charge in [-0.1, -0.05) is 0 Å². The molecule has 5 nitrogen and oxygen atoms in total. The van der Waals surface area contributed by atoms with Crippen molar-refractivity contribution in [1.82, 2.24) is 9.80 Å². The molecule has 1 amide bonds. The summed E-state index contributed by atoms with van der Waals surface area (Å²) in [6.45, 7) is 2.75. The van der Waals surface area contributed by atoms with Crippen molar-refractivity contribution in [2.45, 2.75) is 19.4 Å². The number of rotatable bonds is 3. The number of aliphatic carboxylic acids is 1. The van der Waals surface area contributed by atoms with E-state index >= 15 is 0 Å². The predicted molar refractivity (Wildman–Crippen MR) is 55.5 cm³/mol. The summed E-state index contributed by atoms with van der Waals surface area (Å²) >= 11 is 0. The van der Waals surface area contributed by atoms with Crippen LogP contribution in [0.2, 0.25) is 0 Å². The fourth-order valence-electron chi connectivity index (χ4n) is 1.74. The van der Waals surface area contributed by atoms with E-state index in [2.05, 4.69) is 4.90 Å². The maximum absolute atomic E-state index is 11.7. The first-order chi connectivity index (χ1) is 6.93. The molecular weight excluding hydrogens is 196 g/mol. The highest BCUT2D eigenvalue weighted by Gasteiger charge is 2.32. The summed E-state index contributed by atoms with van der Waals surface area (Å²) in [4.78, 5) is 26.0. The number of carbonyl (C=O) groups is 2. The van der Waals surface area contributed by atoms with Crippen molar-refractivity contribution in [3.63, 3.8) is 0 Å². The average molecular weight is 214 g/mol. The summed E-state index contributed by atoms with van der Waals surface area (Å²) in [6.07, 6.45) is 0.922. The van der Waals surface area contributed by atoms with E-state index in [9.17, 15) is 9.59 Å². The molecular formula is C10H18N2O3. The van der Waals surface area contributed by atoms with Crippen molar-refractivity contribution in [3.05, 3.63) is 0 Å². The highest BCUT2D eigenvalue weighted by molar-refractivity contribution is 5.96. The molecule has 0 radical (unpaired) electrons. The highest BCUT2D eigenvalue weighted by atomic mass is 16.4. The molecule has 0 aromatic rings. The number of amides is 1. The van der Waals surface area contributed by atoms with E-state index in [0.717, 1.165) is 6.42 Å². The van der Waals surface area contributed by atoms with E-state index in [1.54, 1.807) is 4.90 Å². The summed E-state index contributed by atoms with van der Waals surface area (Å²) in [5.41, 5.74) is 0. The lowest BCUT2D eigenvalue weighted by atomic mass is 10.1. The van der Waals surface area contributed by atoms with Gasteiger partial charge in [0.1, 0.15) is 5.92 Å². The molecule has 1 N–H and O–H groups in total. The van der Waals surface area contributed by atoms with Gasteiger partial charge in [0, 0.05) is 19.1 Å². The minimum Gasteiger partial charge on any atom is -0.481 e. The molecule has 0 aromatic carbocycles.